The highest BCUT2D eigenvalue weighted by Crippen LogP contribution is 2.31. The summed E-state index contributed by atoms with van der Waals surface area (Å²) in [5.74, 6) is 0. The molecule has 0 saturated heterocycles. The van der Waals surface area contributed by atoms with E-state index < -0.39 is 0 Å². The maximum Gasteiger partial charge on any atom is 0.0614 e. The minimum Gasteiger partial charge on any atom is -0.397 e. The van der Waals surface area contributed by atoms with Gasteiger partial charge in [-0.1, -0.05) is 23.2 Å². The Morgan fingerprint density at radius 3 is 2.53 bits per heavy atom. The molecule has 0 heterocycles. The number of nitrogens with one attached hydrogen (secondary N) is 1. The Morgan fingerprint density at radius 2 is 2.00 bits per heavy atom. The molecule has 0 aliphatic heterocycles. The van der Waals surface area contributed by atoms with Gasteiger partial charge in [-0.15, -0.1) is 0 Å². The van der Waals surface area contributed by atoms with Crippen LogP contribution in [0.15, 0.2) is 12.1 Å². The number of anilines is 2. The summed E-state index contributed by atoms with van der Waals surface area (Å²) >= 11 is 13.4. The Labute approximate surface area is 116 Å². The van der Waals surface area contributed by atoms with E-state index in [1.807, 2.05) is 13.2 Å². The van der Waals surface area contributed by atoms with Gasteiger partial charge in [0.2, 0.25) is 0 Å². The van der Waals surface area contributed by atoms with Gasteiger partial charge in [-0.25, -0.2) is 0 Å². The summed E-state index contributed by atoms with van der Waals surface area (Å²) in [5, 5.41) is 13.4. The zero-order chi connectivity index (χ0) is 13.0. The number of thioether (sulfide) groups is 1. The Kier molecular flexibility index (Phi) is 5.73. The molecule has 2 unspecified atom stereocenters. The number of aliphatic hydroxyl groups is 1. The van der Waals surface area contributed by atoms with Crippen LogP contribution in [0.2, 0.25) is 10.0 Å². The van der Waals surface area contributed by atoms with E-state index >= 15 is 0 Å². The molecule has 0 aromatic heterocycles. The number of halogens is 2. The van der Waals surface area contributed by atoms with Crippen LogP contribution in [0.1, 0.15) is 6.92 Å². The molecule has 6 heteroatoms. The van der Waals surface area contributed by atoms with Gasteiger partial charge < -0.3 is 16.2 Å². The van der Waals surface area contributed by atoms with Crippen LogP contribution < -0.4 is 11.1 Å². The Bertz CT molecular complexity index is 386. The van der Waals surface area contributed by atoms with Crippen molar-refractivity contribution in [3.05, 3.63) is 22.2 Å². The Balaban J connectivity index is 2.84. The summed E-state index contributed by atoms with van der Waals surface area (Å²) in [6.45, 7) is 2.09. The van der Waals surface area contributed by atoms with E-state index in [1.54, 1.807) is 23.9 Å². The molecule has 96 valence electrons. The molecule has 2 atom stereocenters. The largest absolute Gasteiger partial charge is 0.397 e. The third kappa shape index (κ3) is 3.85. The Hall–Kier alpha value is -0.290. The number of benzene rings is 1. The number of rotatable bonds is 5. The van der Waals surface area contributed by atoms with Crippen molar-refractivity contribution in [2.45, 2.75) is 18.2 Å². The second-order valence-corrected chi connectivity index (χ2v) is 5.63. The monoisotopic (exact) mass is 294 g/mol. The molecule has 0 saturated carbocycles. The number of nitrogen functional groups attached to an aromatic ring is 1. The van der Waals surface area contributed by atoms with Crippen LogP contribution in [-0.4, -0.2) is 29.3 Å². The van der Waals surface area contributed by atoms with E-state index in [0.717, 1.165) is 5.69 Å². The van der Waals surface area contributed by atoms with E-state index in [1.165, 1.54) is 0 Å². The zero-order valence-corrected chi connectivity index (χ0v) is 12.0. The van der Waals surface area contributed by atoms with Gasteiger partial charge in [-0.3, -0.25) is 0 Å². The van der Waals surface area contributed by atoms with Gasteiger partial charge in [-0.2, -0.15) is 11.8 Å². The minimum atomic E-state index is 0.0783. The molecular weight excluding hydrogens is 279 g/mol. The predicted molar refractivity (Wildman–Crippen MR) is 78.3 cm³/mol. The third-order valence-electron chi connectivity index (χ3n) is 2.52. The highest BCUT2D eigenvalue weighted by atomic mass is 35.5. The maximum atomic E-state index is 9.20. The van der Waals surface area contributed by atoms with Gasteiger partial charge in [0, 0.05) is 11.3 Å². The molecular formula is C11H16Cl2N2OS. The second kappa shape index (κ2) is 6.59. The van der Waals surface area contributed by atoms with Crippen molar-refractivity contribution in [2.24, 2.45) is 0 Å². The van der Waals surface area contributed by atoms with Crippen LogP contribution in [-0.2, 0) is 0 Å². The molecule has 1 rings (SSSR count). The molecule has 0 bridgehead atoms. The first-order valence-corrected chi connectivity index (χ1v) is 7.18. The van der Waals surface area contributed by atoms with Crippen LogP contribution in [0.3, 0.4) is 0 Å². The van der Waals surface area contributed by atoms with Gasteiger partial charge >= 0.3 is 0 Å². The lowest BCUT2D eigenvalue weighted by Crippen LogP contribution is -2.31. The van der Waals surface area contributed by atoms with Crippen molar-refractivity contribution in [2.75, 3.05) is 23.9 Å². The number of hydrogen-bond acceptors (Lipinski definition) is 4. The predicted octanol–water partition coefficient (Wildman–Crippen LogP) is 3.10. The van der Waals surface area contributed by atoms with Crippen molar-refractivity contribution in [3.63, 3.8) is 0 Å². The quantitative estimate of drug-likeness (QED) is 0.731. The molecule has 4 N–H and O–H groups in total. The van der Waals surface area contributed by atoms with Crippen LogP contribution >= 0.6 is 35.0 Å². The SMILES string of the molecule is CSC(CO)C(C)Nc1cc(Cl)c(Cl)cc1N. The minimum absolute atomic E-state index is 0.0783. The lowest BCUT2D eigenvalue weighted by atomic mass is 10.2. The molecule has 17 heavy (non-hydrogen) atoms. The second-order valence-electron chi connectivity index (χ2n) is 3.74. The highest BCUT2D eigenvalue weighted by Gasteiger charge is 2.16. The van der Waals surface area contributed by atoms with E-state index in [4.69, 9.17) is 28.9 Å². The van der Waals surface area contributed by atoms with E-state index in [0.29, 0.717) is 15.7 Å². The van der Waals surface area contributed by atoms with Crippen molar-refractivity contribution in [1.29, 1.82) is 0 Å². The lowest BCUT2D eigenvalue weighted by molar-refractivity contribution is 0.288. The van der Waals surface area contributed by atoms with Gasteiger partial charge in [-0.05, 0) is 25.3 Å². The summed E-state index contributed by atoms with van der Waals surface area (Å²) in [5.41, 5.74) is 7.13. The molecule has 0 radical (unpaired) electrons. The van der Waals surface area contributed by atoms with Crippen LogP contribution in [0.5, 0.6) is 0 Å². The highest BCUT2D eigenvalue weighted by molar-refractivity contribution is 7.99. The average Bonchev–Trinajstić information content (AvgIpc) is 2.27. The van der Waals surface area contributed by atoms with E-state index in [2.05, 4.69) is 5.32 Å². The van der Waals surface area contributed by atoms with Crippen LogP contribution in [0.25, 0.3) is 0 Å². The lowest BCUT2D eigenvalue weighted by Gasteiger charge is -2.23. The first-order valence-electron chi connectivity index (χ1n) is 5.14. The van der Waals surface area contributed by atoms with Crippen molar-refractivity contribution in [3.8, 4) is 0 Å². The molecule has 0 aliphatic rings. The average molecular weight is 295 g/mol. The van der Waals surface area contributed by atoms with Gasteiger partial charge in [0.15, 0.2) is 0 Å². The fraction of sp³-hybridized carbons (Fsp3) is 0.455. The standard InChI is InChI=1S/C11H16Cl2N2OS/c1-6(11(5-16)17-2)15-10-4-8(13)7(12)3-9(10)14/h3-4,6,11,15-16H,5,14H2,1-2H3. The van der Waals surface area contributed by atoms with Crippen molar-refractivity contribution < 1.29 is 5.11 Å². The smallest absolute Gasteiger partial charge is 0.0614 e. The van der Waals surface area contributed by atoms with Gasteiger partial charge in [0.1, 0.15) is 0 Å². The summed E-state index contributed by atoms with van der Waals surface area (Å²) in [4.78, 5) is 0. The summed E-state index contributed by atoms with van der Waals surface area (Å²) in [6.07, 6.45) is 1.96. The van der Waals surface area contributed by atoms with Crippen LogP contribution in [0.4, 0.5) is 11.4 Å². The summed E-state index contributed by atoms with van der Waals surface area (Å²) in [6, 6.07) is 3.39. The van der Waals surface area contributed by atoms with Crippen molar-refractivity contribution in [1.82, 2.24) is 0 Å². The Morgan fingerprint density at radius 1 is 1.41 bits per heavy atom. The molecule has 1 aromatic rings. The first kappa shape index (κ1) is 14.8. The number of hydrogen-bond donors (Lipinski definition) is 3. The topological polar surface area (TPSA) is 58.3 Å². The molecule has 0 spiro atoms. The first-order chi connectivity index (χ1) is 7.99. The normalized spacial score (nSPS) is 14.4. The fourth-order valence-corrected chi connectivity index (χ4v) is 2.42. The van der Waals surface area contributed by atoms with Crippen molar-refractivity contribution >= 4 is 46.3 Å². The van der Waals surface area contributed by atoms with E-state index in [-0.39, 0.29) is 17.9 Å². The third-order valence-corrected chi connectivity index (χ3v) is 4.40. The molecule has 0 aliphatic carbocycles. The molecule has 0 fully saturated rings. The number of nitrogens with two attached hydrogens (primary N) is 1. The summed E-state index contributed by atoms with van der Waals surface area (Å²) < 4.78 is 0. The van der Waals surface area contributed by atoms with Gasteiger partial charge in [0.25, 0.3) is 0 Å². The van der Waals surface area contributed by atoms with E-state index in [9.17, 15) is 5.11 Å². The maximum absolute atomic E-state index is 9.20. The van der Waals surface area contributed by atoms with Crippen LogP contribution in [0, 0.1) is 0 Å². The summed E-state index contributed by atoms with van der Waals surface area (Å²) in [7, 11) is 0. The molecule has 0 amide bonds. The molecule has 1 aromatic carbocycles. The zero-order valence-electron chi connectivity index (χ0n) is 9.71. The fourth-order valence-electron chi connectivity index (χ4n) is 1.46. The molecule has 3 nitrogen and oxygen atoms in total. The van der Waals surface area contributed by atoms with Gasteiger partial charge in [0.05, 0.1) is 28.0 Å². The number of aliphatic hydroxyl groups excluding tert-OH is 1.